The number of thiophene rings is 1. The van der Waals surface area contributed by atoms with E-state index in [4.69, 9.17) is 5.10 Å². The van der Waals surface area contributed by atoms with E-state index in [0.29, 0.717) is 0 Å². The van der Waals surface area contributed by atoms with Crippen LogP contribution in [0.15, 0.2) is 41.1 Å². The summed E-state index contributed by atoms with van der Waals surface area (Å²) in [6.45, 7) is 4.86. The van der Waals surface area contributed by atoms with Crippen LogP contribution in [-0.2, 0) is 19.5 Å². The van der Waals surface area contributed by atoms with Crippen LogP contribution in [0.3, 0.4) is 0 Å². The summed E-state index contributed by atoms with van der Waals surface area (Å²) in [6, 6.07) is 10.7. The minimum absolute atomic E-state index is 0.836. The highest BCUT2D eigenvalue weighted by atomic mass is 32.1. The molecule has 0 bridgehead atoms. The number of para-hydroxylation sites is 1. The number of nitrogens with one attached hydrogen (secondary N) is 1. The zero-order valence-electron chi connectivity index (χ0n) is 11.7. The Morgan fingerprint density at radius 1 is 1.25 bits per heavy atom. The molecular formula is C16H19N3S. The van der Waals surface area contributed by atoms with Crippen molar-refractivity contribution in [3.8, 4) is 0 Å². The van der Waals surface area contributed by atoms with E-state index in [-0.39, 0.29) is 0 Å². The quantitative estimate of drug-likeness (QED) is 0.752. The molecule has 20 heavy (non-hydrogen) atoms. The number of rotatable bonds is 6. The SMILES string of the molecule is CCNCc1nn(CCc2ccsc2)c2ccccc12. The molecule has 2 heterocycles. The van der Waals surface area contributed by atoms with E-state index in [1.54, 1.807) is 11.3 Å². The molecule has 0 fully saturated rings. The van der Waals surface area contributed by atoms with Gasteiger partial charge < -0.3 is 5.32 Å². The van der Waals surface area contributed by atoms with Gasteiger partial charge in [0.25, 0.3) is 0 Å². The van der Waals surface area contributed by atoms with Crippen LogP contribution in [0.2, 0.25) is 0 Å². The zero-order valence-corrected chi connectivity index (χ0v) is 12.5. The molecular weight excluding hydrogens is 266 g/mol. The third-order valence-corrected chi connectivity index (χ3v) is 4.20. The molecule has 0 saturated carbocycles. The molecule has 3 aromatic rings. The van der Waals surface area contributed by atoms with Gasteiger partial charge in [0.05, 0.1) is 11.2 Å². The van der Waals surface area contributed by atoms with Crippen LogP contribution >= 0.6 is 11.3 Å². The van der Waals surface area contributed by atoms with Crippen LogP contribution in [0.5, 0.6) is 0 Å². The first-order chi connectivity index (χ1) is 9.88. The van der Waals surface area contributed by atoms with E-state index in [9.17, 15) is 0 Å². The summed E-state index contributed by atoms with van der Waals surface area (Å²) in [5.74, 6) is 0. The van der Waals surface area contributed by atoms with Gasteiger partial charge in [-0.2, -0.15) is 16.4 Å². The normalized spacial score (nSPS) is 11.2. The molecule has 0 saturated heterocycles. The van der Waals surface area contributed by atoms with Gasteiger partial charge in [0, 0.05) is 18.5 Å². The lowest BCUT2D eigenvalue weighted by molar-refractivity contribution is 0.611. The van der Waals surface area contributed by atoms with Crippen LogP contribution in [0.1, 0.15) is 18.2 Å². The first kappa shape index (κ1) is 13.3. The van der Waals surface area contributed by atoms with Crippen LogP contribution in [-0.4, -0.2) is 16.3 Å². The molecule has 3 nitrogen and oxygen atoms in total. The standard InChI is InChI=1S/C16H19N3S/c1-2-17-11-15-14-5-3-4-6-16(14)19(18-15)9-7-13-8-10-20-12-13/h3-6,8,10,12,17H,2,7,9,11H2,1H3. The minimum Gasteiger partial charge on any atom is -0.311 e. The average Bonchev–Trinajstić information content (AvgIpc) is 3.11. The fourth-order valence-corrected chi connectivity index (χ4v) is 3.11. The molecule has 0 aliphatic carbocycles. The number of hydrogen-bond acceptors (Lipinski definition) is 3. The third kappa shape index (κ3) is 2.76. The van der Waals surface area contributed by atoms with E-state index < -0.39 is 0 Å². The second-order valence-corrected chi connectivity index (χ2v) is 5.63. The topological polar surface area (TPSA) is 29.9 Å². The van der Waals surface area contributed by atoms with Crippen molar-refractivity contribution in [1.82, 2.24) is 15.1 Å². The fourth-order valence-electron chi connectivity index (χ4n) is 2.41. The Hall–Kier alpha value is -1.65. The summed E-state index contributed by atoms with van der Waals surface area (Å²) in [7, 11) is 0. The molecule has 2 aromatic heterocycles. The molecule has 0 unspecified atom stereocenters. The van der Waals surface area contributed by atoms with Gasteiger partial charge in [-0.25, -0.2) is 0 Å². The molecule has 4 heteroatoms. The van der Waals surface area contributed by atoms with Gasteiger partial charge in [0.1, 0.15) is 0 Å². The average molecular weight is 285 g/mol. The van der Waals surface area contributed by atoms with Crippen molar-refractivity contribution in [2.45, 2.75) is 26.4 Å². The van der Waals surface area contributed by atoms with Crippen molar-refractivity contribution in [1.29, 1.82) is 0 Å². The molecule has 0 spiro atoms. The highest BCUT2D eigenvalue weighted by molar-refractivity contribution is 7.07. The van der Waals surface area contributed by atoms with Crippen LogP contribution < -0.4 is 5.32 Å². The summed E-state index contributed by atoms with van der Waals surface area (Å²) in [6.07, 6.45) is 1.04. The van der Waals surface area contributed by atoms with E-state index in [1.165, 1.54) is 16.5 Å². The van der Waals surface area contributed by atoms with Gasteiger partial charge in [-0.05, 0) is 41.4 Å². The van der Waals surface area contributed by atoms with Gasteiger partial charge in [0.15, 0.2) is 0 Å². The van der Waals surface area contributed by atoms with Crippen molar-refractivity contribution in [3.05, 3.63) is 52.3 Å². The van der Waals surface area contributed by atoms with Gasteiger partial charge in [-0.1, -0.05) is 25.1 Å². The zero-order chi connectivity index (χ0) is 13.8. The van der Waals surface area contributed by atoms with Crippen molar-refractivity contribution in [3.63, 3.8) is 0 Å². The van der Waals surface area contributed by atoms with Gasteiger partial charge in [-0.15, -0.1) is 0 Å². The monoisotopic (exact) mass is 285 g/mol. The summed E-state index contributed by atoms with van der Waals surface area (Å²) in [5.41, 5.74) is 3.77. The molecule has 1 N–H and O–H groups in total. The molecule has 1 aromatic carbocycles. The predicted molar refractivity (Wildman–Crippen MR) is 85.1 cm³/mol. The number of benzene rings is 1. The molecule has 3 rings (SSSR count). The van der Waals surface area contributed by atoms with Crippen LogP contribution in [0.25, 0.3) is 10.9 Å². The highest BCUT2D eigenvalue weighted by Crippen LogP contribution is 2.19. The fraction of sp³-hybridized carbons (Fsp3) is 0.312. The van der Waals surface area contributed by atoms with Crippen molar-refractivity contribution < 1.29 is 0 Å². The lowest BCUT2D eigenvalue weighted by Crippen LogP contribution is -2.13. The molecule has 0 amide bonds. The van der Waals surface area contributed by atoms with E-state index >= 15 is 0 Å². The van der Waals surface area contributed by atoms with Gasteiger partial charge in [0.2, 0.25) is 0 Å². The van der Waals surface area contributed by atoms with Crippen LogP contribution in [0.4, 0.5) is 0 Å². The maximum absolute atomic E-state index is 4.78. The smallest absolute Gasteiger partial charge is 0.0841 e. The Balaban J connectivity index is 1.86. The van der Waals surface area contributed by atoms with Crippen LogP contribution in [0, 0.1) is 0 Å². The first-order valence-electron chi connectivity index (χ1n) is 7.04. The maximum Gasteiger partial charge on any atom is 0.0841 e. The molecule has 0 aliphatic rings. The second kappa shape index (κ2) is 6.20. The second-order valence-electron chi connectivity index (χ2n) is 4.85. The summed E-state index contributed by atoms with van der Waals surface area (Å²) in [4.78, 5) is 0. The number of aryl methyl sites for hydroxylation is 2. The van der Waals surface area contributed by atoms with Gasteiger partial charge in [-0.3, -0.25) is 4.68 Å². The number of nitrogens with zero attached hydrogens (tertiary/aromatic N) is 2. The van der Waals surface area contributed by atoms with Gasteiger partial charge >= 0.3 is 0 Å². The Labute approximate surface area is 123 Å². The summed E-state index contributed by atoms with van der Waals surface area (Å²) >= 11 is 1.75. The lowest BCUT2D eigenvalue weighted by Gasteiger charge is -2.02. The number of aromatic nitrogens is 2. The predicted octanol–water partition coefficient (Wildman–Crippen LogP) is 3.45. The Bertz CT molecular complexity index is 670. The number of fused-ring (bicyclic) bond motifs is 1. The summed E-state index contributed by atoms with van der Waals surface area (Å²) < 4.78 is 2.14. The maximum atomic E-state index is 4.78. The van der Waals surface area contributed by atoms with E-state index in [0.717, 1.165) is 31.7 Å². The molecule has 0 radical (unpaired) electrons. The Morgan fingerprint density at radius 2 is 2.15 bits per heavy atom. The highest BCUT2D eigenvalue weighted by Gasteiger charge is 2.09. The Kier molecular flexibility index (Phi) is 4.14. The third-order valence-electron chi connectivity index (χ3n) is 3.47. The lowest BCUT2D eigenvalue weighted by atomic mass is 10.2. The van der Waals surface area contributed by atoms with Crippen molar-refractivity contribution in [2.75, 3.05) is 6.54 Å². The van der Waals surface area contributed by atoms with Crippen molar-refractivity contribution in [2.24, 2.45) is 0 Å². The first-order valence-corrected chi connectivity index (χ1v) is 7.99. The molecule has 0 atom stereocenters. The number of hydrogen-bond donors (Lipinski definition) is 1. The van der Waals surface area contributed by atoms with E-state index in [1.807, 2.05) is 0 Å². The molecule has 0 aliphatic heterocycles. The Morgan fingerprint density at radius 3 is 2.95 bits per heavy atom. The molecule has 104 valence electrons. The van der Waals surface area contributed by atoms with E-state index in [2.05, 4.69) is 58.0 Å². The minimum atomic E-state index is 0.836. The van der Waals surface area contributed by atoms with Crippen molar-refractivity contribution >= 4 is 22.2 Å². The summed E-state index contributed by atoms with van der Waals surface area (Å²) in [5, 5.41) is 13.8. The largest absolute Gasteiger partial charge is 0.311 e.